The van der Waals surface area contributed by atoms with Crippen molar-refractivity contribution in [3.8, 4) is 0 Å². The van der Waals surface area contributed by atoms with E-state index in [2.05, 4.69) is 15.6 Å². The minimum atomic E-state index is -0.107. The lowest BCUT2D eigenvalue weighted by Gasteiger charge is -2.09. The summed E-state index contributed by atoms with van der Waals surface area (Å²) >= 11 is 6.02. The number of hydrogen-bond donors (Lipinski definition) is 3. The van der Waals surface area contributed by atoms with Gasteiger partial charge >= 0.3 is 0 Å². The monoisotopic (exact) mass is 276 g/mol. The predicted octanol–water partition coefficient (Wildman–Crippen LogP) is 3.02. The Labute approximate surface area is 115 Å². The van der Waals surface area contributed by atoms with E-state index in [1.807, 2.05) is 12.1 Å². The average molecular weight is 277 g/mol. The summed E-state index contributed by atoms with van der Waals surface area (Å²) in [4.78, 5) is 15.0. The van der Waals surface area contributed by atoms with Gasteiger partial charge in [0.05, 0.1) is 16.9 Å². The van der Waals surface area contributed by atoms with Crippen molar-refractivity contribution in [2.24, 2.45) is 0 Å². The molecule has 2 aromatic rings. The van der Waals surface area contributed by atoms with Gasteiger partial charge in [0.25, 0.3) is 0 Å². The molecule has 1 amide bonds. The SMILES string of the molecule is CC(=O)Nc1ccc(Nc2ncc(N)cc2Cl)cc1. The van der Waals surface area contributed by atoms with E-state index < -0.39 is 0 Å². The molecule has 0 saturated carbocycles. The Morgan fingerprint density at radius 2 is 1.89 bits per heavy atom. The number of nitrogens with zero attached hydrogens (tertiary/aromatic N) is 1. The van der Waals surface area contributed by atoms with Crippen LogP contribution in [0.1, 0.15) is 6.92 Å². The van der Waals surface area contributed by atoms with Gasteiger partial charge in [-0.1, -0.05) is 11.6 Å². The maximum absolute atomic E-state index is 10.9. The second-order valence-corrected chi connectivity index (χ2v) is 4.39. The number of anilines is 4. The lowest BCUT2D eigenvalue weighted by atomic mass is 10.2. The Balaban J connectivity index is 2.13. The fraction of sp³-hybridized carbons (Fsp3) is 0.0769. The van der Waals surface area contributed by atoms with Gasteiger partial charge < -0.3 is 16.4 Å². The highest BCUT2D eigenvalue weighted by Crippen LogP contribution is 2.25. The van der Waals surface area contributed by atoms with Crippen molar-refractivity contribution in [3.05, 3.63) is 41.6 Å². The van der Waals surface area contributed by atoms with Gasteiger partial charge in [-0.2, -0.15) is 0 Å². The summed E-state index contributed by atoms with van der Waals surface area (Å²) in [5.41, 5.74) is 7.63. The number of amides is 1. The molecular formula is C13H13ClN4O. The van der Waals surface area contributed by atoms with Crippen LogP contribution in [-0.4, -0.2) is 10.9 Å². The molecule has 0 atom stereocenters. The molecular weight excluding hydrogens is 264 g/mol. The largest absolute Gasteiger partial charge is 0.397 e. The fourth-order valence-electron chi connectivity index (χ4n) is 1.52. The van der Waals surface area contributed by atoms with Crippen LogP contribution < -0.4 is 16.4 Å². The van der Waals surface area contributed by atoms with Gasteiger partial charge in [0.2, 0.25) is 5.91 Å². The number of hydrogen-bond acceptors (Lipinski definition) is 4. The molecule has 5 nitrogen and oxygen atoms in total. The van der Waals surface area contributed by atoms with Crippen molar-refractivity contribution in [3.63, 3.8) is 0 Å². The number of benzene rings is 1. The smallest absolute Gasteiger partial charge is 0.221 e. The molecule has 19 heavy (non-hydrogen) atoms. The van der Waals surface area contributed by atoms with E-state index in [1.165, 1.54) is 13.1 Å². The van der Waals surface area contributed by atoms with Gasteiger partial charge in [-0.3, -0.25) is 4.79 Å². The number of pyridine rings is 1. The Kier molecular flexibility index (Phi) is 3.87. The molecule has 6 heteroatoms. The maximum atomic E-state index is 10.9. The van der Waals surface area contributed by atoms with E-state index in [9.17, 15) is 4.79 Å². The highest BCUT2D eigenvalue weighted by Gasteiger charge is 2.03. The van der Waals surface area contributed by atoms with Crippen molar-refractivity contribution < 1.29 is 4.79 Å². The number of halogens is 1. The molecule has 0 aliphatic heterocycles. The predicted molar refractivity (Wildman–Crippen MR) is 77.7 cm³/mol. The van der Waals surface area contributed by atoms with Crippen LogP contribution in [0.4, 0.5) is 22.9 Å². The molecule has 0 bridgehead atoms. The Hall–Kier alpha value is -2.27. The second kappa shape index (κ2) is 5.58. The van der Waals surface area contributed by atoms with Crippen LogP contribution in [0, 0.1) is 0 Å². The second-order valence-electron chi connectivity index (χ2n) is 3.98. The van der Waals surface area contributed by atoms with Crippen LogP contribution in [0.15, 0.2) is 36.5 Å². The zero-order valence-electron chi connectivity index (χ0n) is 10.3. The van der Waals surface area contributed by atoms with E-state index in [1.54, 1.807) is 18.2 Å². The molecule has 0 unspecified atom stereocenters. The maximum Gasteiger partial charge on any atom is 0.221 e. The fourth-order valence-corrected chi connectivity index (χ4v) is 1.74. The zero-order chi connectivity index (χ0) is 13.8. The van der Waals surface area contributed by atoms with Gasteiger partial charge in [0, 0.05) is 18.3 Å². The van der Waals surface area contributed by atoms with Crippen molar-refractivity contribution in [2.75, 3.05) is 16.4 Å². The minimum absolute atomic E-state index is 0.107. The zero-order valence-corrected chi connectivity index (χ0v) is 11.0. The first-order chi connectivity index (χ1) is 9.04. The topological polar surface area (TPSA) is 80.0 Å². The molecule has 1 aromatic heterocycles. The summed E-state index contributed by atoms with van der Waals surface area (Å²) < 4.78 is 0. The molecule has 2 rings (SSSR count). The van der Waals surface area contributed by atoms with Crippen molar-refractivity contribution in [2.45, 2.75) is 6.92 Å². The third-order valence-electron chi connectivity index (χ3n) is 2.33. The van der Waals surface area contributed by atoms with Gasteiger partial charge in [-0.15, -0.1) is 0 Å². The molecule has 0 saturated heterocycles. The first-order valence-electron chi connectivity index (χ1n) is 5.60. The van der Waals surface area contributed by atoms with Crippen LogP contribution >= 0.6 is 11.6 Å². The number of nitrogens with two attached hydrogens (primary N) is 1. The molecule has 1 heterocycles. The molecule has 0 fully saturated rings. The lowest BCUT2D eigenvalue weighted by Crippen LogP contribution is -2.05. The summed E-state index contributed by atoms with van der Waals surface area (Å²) in [6, 6.07) is 8.84. The van der Waals surface area contributed by atoms with Crippen LogP contribution in [0.25, 0.3) is 0 Å². The molecule has 0 spiro atoms. The van der Waals surface area contributed by atoms with Crippen LogP contribution in [-0.2, 0) is 4.79 Å². The Morgan fingerprint density at radius 1 is 1.26 bits per heavy atom. The van der Waals surface area contributed by atoms with E-state index >= 15 is 0 Å². The number of aromatic nitrogens is 1. The number of carbonyl (C=O) groups excluding carboxylic acids is 1. The van der Waals surface area contributed by atoms with E-state index in [0.29, 0.717) is 16.5 Å². The normalized spacial score (nSPS) is 10.0. The Bertz CT molecular complexity index is 598. The number of rotatable bonds is 3. The summed E-state index contributed by atoms with van der Waals surface area (Å²) in [6.07, 6.45) is 1.53. The highest BCUT2D eigenvalue weighted by atomic mass is 35.5. The summed E-state index contributed by atoms with van der Waals surface area (Å²) in [5, 5.41) is 6.21. The Morgan fingerprint density at radius 3 is 2.47 bits per heavy atom. The number of carbonyl (C=O) groups is 1. The molecule has 0 radical (unpaired) electrons. The third-order valence-corrected chi connectivity index (χ3v) is 2.62. The van der Waals surface area contributed by atoms with Crippen molar-refractivity contribution >= 4 is 40.4 Å². The molecule has 0 aliphatic carbocycles. The molecule has 0 aliphatic rings. The van der Waals surface area contributed by atoms with Crippen LogP contribution in [0.5, 0.6) is 0 Å². The van der Waals surface area contributed by atoms with Crippen molar-refractivity contribution in [1.82, 2.24) is 4.98 Å². The molecule has 1 aromatic carbocycles. The first-order valence-corrected chi connectivity index (χ1v) is 5.98. The lowest BCUT2D eigenvalue weighted by molar-refractivity contribution is -0.114. The minimum Gasteiger partial charge on any atom is -0.397 e. The van der Waals surface area contributed by atoms with E-state index in [0.717, 1.165) is 11.4 Å². The number of nitrogen functional groups attached to an aromatic ring is 1. The molecule has 98 valence electrons. The van der Waals surface area contributed by atoms with Gasteiger partial charge in [0.15, 0.2) is 0 Å². The van der Waals surface area contributed by atoms with E-state index in [-0.39, 0.29) is 5.91 Å². The summed E-state index contributed by atoms with van der Waals surface area (Å²) in [6.45, 7) is 1.46. The van der Waals surface area contributed by atoms with Crippen LogP contribution in [0.3, 0.4) is 0 Å². The van der Waals surface area contributed by atoms with Gasteiger partial charge in [-0.05, 0) is 30.3 Å². The molecule has 4 N–H and O–H groups in total. The highest BCUT2D eigenvalue weighted by molar-refractivity contribution is 6.33. The third kappa shape index (κ3) is 3.59. The standard InChI is InChI=1S/C13H13ClN4O/c1-8(19)17-10-2-4-11(5-3-10)18-13-12(14)6-9(15)7-16-13/h2-7H,15H2,1H3,(H,16,18)(H,17,19). The summed E-state index contributed by atoms with van der Waals surface area (Å²) in [7, 11) is 0. The van der Waals surface area contributed by atoms with E-state index in [4.69, 9.17) is 17.3 Å². The first kappa shape index (κ1) is 13.2. The quantitative estimate of drug-likeness (QED) is 0.805. The average Bonchev–Trinajstić information content (AvgIpc) is 2.34. The van der Waals surface area contributed by atoms with Gasteiger partial charge in [-0.25, -0.2) is 4.98 Å². The number of nitrogens with one attached hydrogen (secondary N) is 2. The van der Waals surface area contributed by atoms with Crippen molar-refractivity contribution in [1.29, 1.82) is 0 Å². The summed E-state index contributed by atoms with van der Waals surface area (Å²) in [5.74, 6) is 0.423. The van der Waals surface area contributed by atoms with Gasteiger partial charge in [0.1, 0.15) is 5.82 Å². The van der Waals surface area contributed by atoms with Crippen LogP contribution in [0.2, 0.25) is 5.02 Å².